The van der Waals surface area contributed by atoms with E-state index >= 15 is 0 Å². The molecule has 0 amide bonds. The van der Waals surface area contributed by atoms with E-state index in [4.69, 9.17) is 15.2 Å². The van der Waals surface area contributed by atoms with Gasteiger partial charge in [-0.15, -0.1) is 11.3 Å². The van der Waals surface area contributed by atoms with Crippen LogP contribution in [0, 0.1) is 17.8 Å². The molecule has 2 N–H and O–H groups in total. The minimum absolute atomic E-state index is 0.251. The van der Waals surface area contributed by atoms with Crippen molar-refractivity contribution >= 4 is 17.4 Å². The number of pyridine rings is 1. The fraction of sp³-hybridized carbons (Fsp3) is 0.429. The third-order valence-corrected chi connectivity index (χ3v) is 6.46. The molecule has 0 aromatic carbocycles. The standard InChI is InChI=1S/C21H21N3O2S/c1-20(11-21(12-25-13-21)26-19(22)24-20)18-7-17(10-27-18)16-6-15(8-23-9-16)5-4-14-2-3-14/h6-10,14H,2-3,11-13H2,1H3,(H2,22,24). The lowest BCUT2D eigenvalue weighted by atomic mass is 9.82. The second-order valence-electron chi connectivity index (χ2n) is 7.88. The third-order valence-electron chi connectivity index (χ3n) is 5.27. The summed E-state index contributed by atoms with van der Waals surface area (Å²) in [5, 5.41) is 2.15. The Morgan fingerprint density at radius 2 is 2.07 bits per heavy atom. The lowest BCUT2D eigenvalue weighted by molar-refractivity contribution is -0.186. The molecule has 6 heteroatoms. The number of amidine groups is 1. The monoisotopic (exact) mass is 379 g/mol. The van der Waals surface area contributed by atoms with Gasteiger partial charge in [-0.3, -0.25) is 4.98 Å². The first-order valence-corrected chi connectivity index (χ1v) is 10.1. The van der Waals surface area contributed by atoms with E-state index in [9.17, 15) is 0 Å². The molecular weight excluding hydrogens is 358 g/mol. The van der Waals surface area contributed by atoms with Crippen LogP contribution in [0.4, 0.5) is 0 Å². The molecule has 0 bridgehead atoms. The summed E-state index contributed by atoms with van der Waals surface area (Å²) < 4.78 is 11.1. The van der Waals surface area contributed by atoms with E-state index in [1.165, 1.54) is 17.7 Å². The Bertz CT molecular complexity index is 979. The minimum atomic E-state index is -0.397. The Labute approximate surface area is 162 Å². The highest BCUT2D eigenvalue weighted by Gasteiger charge is 2.51. The van der Waals surface area contributed by atoms with Gasteiger partial charge in [-0.2, -0.15) is 0 Å². The maximum Gasteiger partial charge on any atom is 0.283 e. The number of nitrogens with two attached hydrogens (primary N) is 1. The van der Waals surface area contributed by atoms with E-state index in [1.54, 1.807) is 11.3 Å². The predicted molar refractivity (Wildman–Crippen MR) is 105 cm³/mol. The number of nitrogens with zero attached hydrogens (tertiary/aromatic N) is 2. The summed E-state index contributed by atoms with van der Waals surface area (Å²) in [5.41, 5.74) is 8.44. The summed E-state index contributed by atoms with van der Waals surface area (Å²) in [7, 11) is 0. The van der Waals surface area contributed by atoms with Crippen molar-refractivity contribution < 1.29 is 9.47 Å². The normalized spacial score (nSPS) is 25.7. The Balaban J connectivity index is 1.44. The molecule has 4 heterocycles. The zero-order valence-corrected chi connectivity index (χ0v) is 16.0. The molecule has 1 atom stereocenters. The van der Waals surface area contributed by atoms with Gasteiger partial charge in [-0.05, 0) is 42.8 Å². The van der Waals surface area contributed by atoms with Crippen LogP contribution in [-0.4, -0.2) is 29.8 Å². The highest BCUT2D eigenvalue weighted by Crippen LogP contribution is 2.45. The topological polar surface area (TPSA) is 69.7 Å². The Morgan fingerprint density at radius 1 is 1.22 bits per heavy atom. The predicted octanol–water partition coefficient (Wildman–Crippen LogP) is 3.29. The summed E-state index contributed by atoms with van der Waals surface area (Å²) in [6.45, 7) is 3.26. The molecule has 2 fully saturated rings. The number of hydrogen-bond acceptors (Lipinski definition) is 6. The van der Waals surface area contributed by atoms with Crippen molar-refractivity contribution in [2.75, 3.05) is 13.2 Å². The van der Waals surface area contributed by atoms with E-state index in [1.807, 2.05) is 12.4 Å². The molecule has 1 saturated heterocycles. The molecular formula is C21H21N3O2S. The molecule has 138 valence electrons. The lowest BCUT2D eigenvalue weighted by Crippen LogP contribution is -2.59. The minimum Gasteiger partial charge on any atom is -0.454 e. The van der Waals surface area contributed by atoms with Crippen molar-refractivity contribution in [3.05, 3.63) is 40.3 Å². The van der Waals surface area contributed by atoms with E-state index in [0.717, 1.165) is 23.1 Å². The first-order valence-electron chi connectivity index (χ1n) is 9.22. The van der Waals surface area contributed by atoms with Gasteiger partial charge in [0.15, 0.2) is 5.60 Å². The van der Waals surface area contributed by atoms with E-state index in [0.29, 0.717) is 19.1 Å². The fourth-order valence-corrected chi connectivity index (χ4v) is 4.70. The molecule has 1 spiro atoms. The number of hydrogen-bond donors (Lipinski definition) is 1. The Hall–Kier alpha value is -2.36. The van der Waals surface area contributed by atoms with Crippen molar-refractivity contribution in [2.45, 2.75) is 37.3 Å². The van der Waals surface area contributed by atoms with Gasteiger partial charge in [-0.25, -0.2) is 4.99 Å². The number of aromatic nitrogens is 1. The van der Waals surface area contributed by atoms with Crippen LogP contribution in [0.1, 0.15) is 36.6 Å². The Kier molecular flexibility index (Phi) is 3.78. The zero-order chi connectivity index (χ0) is 18.5. The van der Waals surface area contributed by atoms with Crippen molar-refractivity contribution in [2.24, 2.45) is 16.6 Å². The molecule has 27 heavy (non-hydrogen) atoms. The van der Waals surface area contributed by atoms with Crippen molar-refractivity contribution in [3.63, 3.8) is 0 Å². The van der Waals surface area contributed by atoms with Gasteiger partial charge in [0.25, 0.3) is 6.02 Å². The average Bonchev–Trinajstić information content (AvgIpc) is 3.31. The van der Waals surface area contributed by atoms with E-state index < -0.39 is 5.54 Å². The molecule has 2 aromatic heterocycles. The van der Waals surface area contributed by atoms with Crippen LogP contribution in [0.5, 0.6) is 0 Å². The van der Waals surface area contributed by atoms with Crippen LogP contribution in [0.15, 0.2) is 34.9 Å². The quantitative estimate of drug-likeness (QED) is 0.813. The molecule has 1 unspecified atom stereocenters. The Morgan fingerprint density at radius 3 is 2.81 bits per heavy atom. The summed E-state index contributed by atoms with van der Waals surface area (Å²) in [5.74, 6) is 7.13. The molecule has 3 aliphatic rings. The molecule has 5 rings (SSSR count). The van der Waals surface area contributed by atoms with Crippen LogP contribution in [0.25, 0.3) is 11.1 Å². The number of aliphatic imine (C=N–C) groups is 1. The SMILES string of the molecule is CC1(c2cc(-c3cncc(C#CC4CC4)c3)cs2)CC2(COC2)OC(N)=N1. The largest absolute Gasteiger partial charge is 0.454 e. The molecule has 5 nitrogen and oxygen atoms in total. The van der Waals surface area contributed by atoms with Crippen LogP contribution < -0.4 is 5.73 Å². The van der Waals surface area contributed by atoms with Crippen LogP contribution in [0.2, 0.25) is 0 Å². The lowest BCUT2D eigenvalue weighted by Gasteiger charge is -2.47. The fourth-order valence-electron chi connectivity index (χ4n) is 3.67. The van der Waals surface area contributed by atoms with Crippen LogP contribution in [-0.2, 0) is 15.0 Å². The van der Waals surface area contributed by atoms with Gasteiger partial charge < -0.3 is 15.2 Å². The van der Waals surface area contributed by atoms with Gasteiger partial charge in [0, 0.05) is 40.7 Å². The van der Waals surface area contributed by atoms with E-state index in [-0.39, 0.29) is 11.6 Å². The second-order valence-corrected chi connectivity index (χ2v) is 8.80. The summed E-state index contributed by atoms with van der Waals surface area (Å²) in [6.07, 6.45) is 6.95. The maximum absolute atomic E-state index is 5.98. The summed E-state index contributed by atoms with van der Waals surface area (Å²) >= 11 is 1.70. The number of ether oxygens (including phenoxy) is 2. The first-order chi connectivity index (χ1) is 13.0. The number of thiophene rings is 1. The average molecular weight is 379 g/mol. The summed E-state index contributed by atoms with van der Waals surface area (Å²) in [6, 6.07) is 4.55. The van der Waals surface area contributed by atoms with Crippen molar-refractivity contribution in [1.29, 1.82) is 0 Å². The van der Waals surface area contributed by atoms with E-state index in [2.05, 4.69) is 46.3 Å². The molecule has 2 aliphatic heterocycles. The van der Waals surface area contributed by atoms with Crippen LogP contribution >= 0.6 is 11.3 Å². The first kappa shape index (κ1) is 16.8. The van der Waals surface area contributed by atoms with Gasteiger partial charge in [0.2, 0.25) is 0 Å². The van der Waals surface area contributed by atoms with Gasteiger partial charge in [-0.1, -0.05) is 11.8 Å². The second kappa shape index (κ2) is 6.08. The maximum atomic E-state index is 5.98. The van der Waals surface area contributed by atoms with Gasteiger partial charge in [0.05, 0.1) is 13.2 Å². The molecule has 2 aromatic rings. The zero-order valence-electron chi connectivity index (χ0n) is 15.2. The van der Waals surface area contributed by atoms with Crippen LogP contribution in [0.3, 0.4) is 0 Å². The molecule has 0 radical (unpaired) electrons. The van der Waals surface area contributed by atoms with Crippen molar-refractivity contribution in [3.8, 4) is 23.0 Å². The molecule has 1 aliphatic carbocycles. The smallest absolute Gasteiger partial charge is 0.283 e. The van der Waals surface area contributed by atoms with Crippen molar-refractivity contribution in [1.82, 2.24) is 4.98 Å². The highest BCUT2D eigenvalue weighted by molar-refractivity contribution is 7.10. The highest BCUT2D eigenvalue weighted by atomic mass is 32.1. The third kappa shape index (κ3) is 3.22. The van der Waals surface area contributed by atoms with Gasteiger partial charge in [0.1, 0.15) is 5.54 Å². The summed E-state index contributed by atoms with van der Waals surface area (Å²) in [4.78, 5) is 10.2. The number of rotatable bonds is 2. The van der Waals surface area contributed by atoms with Gasteiger partial charge >= 0.3 is 0 Å². The molecule has 1 saturated carbocycles.